The number of halogens is 1. The average molecular weight is 344 g/mol. The van der Waals surface area contributed by atoms with Gasteiger partial charge in [0, 0.05) is 18.5 Å². The third kappa shape index (κ3) is 7.50. The van der Waals surface area contributed by atoms with Crippen LogP contribution in [-0.2, 0) is 9.53 Å². The third-order valence-corrected chi connectivity index (χ3v) is 3.44. The molecule has 0 bridgehead atoms. The second-order valence-electron chi connectivity index (χ2n) is 4.61. The molecule has 1 aromatic rings. The van der Waals surface area contributed by atoms with Crippen LogP contribution in [-0.4, -0.2) is 37.6 Å². The van der Waals surface area contributed by atoms with Crippen molar-refractivity contribution in [1.29, 1.82) is 0 Å². The smallest absolute Gasteiger partial charge is 0.223 e. The maximum atomic E-state index is 11.6. The summed E-state index contributed by atoms with van der Waals surface area (Å²) in [7, 11) is 1.66. The van der Waals surface area contributed by atoms with E-state index < -0.39 is 0 Å². The number of benzene rings is 1. The third-order valence-electron chi connectivity index (χ3n) is 2.71. The maximum Gasteiger partial charge on any atom is 0.223 e. The first kappa shape index (κ1) is 17.0. The van der Waals surface area contributed by atoms with Crippen LogP contribution in [0.5, 0.6) is 5.75 Å². The van der Waals surface area contributed by atoms with Crippen LogP contribution in [0.15, 0.2) is 24.3 Å². The zero-order valence-electron chi connectivity index (χ0n) is 12.0. The molecule has 5 heteroatoms. The number of alkyl halides is 1. The molecule has 0 aromatic heterocycles. The average Bonchev–Trinajstić information content (AvgIpc) is 2.39. The molecule has 1 amide bonds. The quantitative estimate of drug-likeness (QED) is 0.701. The first-order valence-electron chi connectivity index (χ1n) is 6.71. The van der Waals surface area contributed by atoms with Gasteiger partial charge in [-0.3, -0.25) is 4.79 Å². The lowest BCUT2D eigenvalue weighted by molar-refractivity contribution is -0.121. The van der Waals surface area contributed by atoms with E-state index in [2.05, 4.69) is 21.2 Å². The van der Waals surface area contributed by atoms with E-state index in [-0.39, 0.29) is 10.7 Å². The van der Waals surface area contributed by atoms with E-state index in [9.17, 15) is 4.79 Å². The van der Waals surface area contributed by atoms with Gasteiger partial charge in [0.25, 0.3) is 0 Å². The van der Waals surface area contributed by atoms with Crippen LogP contribution in [0.3, 0.4) is 0 Å². The fraction of sp³-hybridized carbons (Fsp3) is 0.533. The van der Waals surface area contributed by atoms with Crippen LogP contribution in [0.1, 0.15) is 18.4 Å². The molecule has 20 heavy (non-hydrogen) atoms. The van der Waals surface area contributed by atoms with E-state index in [1.165, 1.54) is 0 Å². The largest absolute Gasteiger partial charge is 0.493 e. The topological polar surface area (TPSA) is 47.6 Å². The minimum Gasteiger partial charge on any atom is -0.493 e. The summed E-state index contributed by atoms with van der Waals surface area (Å²) in [6, 6.07) is 7.80. The SMILES string of the molecule is COCC(Br)CCNC(=O)CCOc1cccc(C)c1. The van der Waals surface area contributed by atoms with Crippen molar-refractivity contribution in [3.05, 3.63) is 29.8 Å². The summed E-state index contributed by atoms with van der Waals surface area (Å²) in [6.07, 6.45) is 1.21. The molecule has 4 nitrogen and oxygen atoms in total. The summed E-state index contributed by atoms with van der Waals surface area (Å²) >= 11 is 3.48. The normalized spacial score (nSPS) is 11.9. The Balaban J connectivity index is 2.11. The van der Waals surface area contributed by atoms with Crippen LogP contribution in [0, 0.1) is 6.92 Å². The van der Waals surface area contributed by atoms with Crippen LogP contribution < -0.4 is 10.1 Å². The predicted molar refractivity (Wildman–Crippen MR) is 83.5 cm³/mol. The Morgan fingerprint density at radius 1 is 1.45 bits per heavy atom. The predicted octanol–water partition coefficient (Wildman–Crippen LogP) is 2.68. The number of amides is 1. The highest BCUT2D eigenvalue weighted by Gasteiger charge is 2.05. The number of carbonyl (C=O) groups is 1. The Labute approximate surface area is 129 Å². The molecule has 0 fully saturated rings. The Morgan fingerprint density at radius 2 is 2.25 bits per heavy atom. The number of hydrogen-bond acceptors (Lipinski definition) is 3. The highest BCUT2D eigenvalue weighted by Crippen LogP contribution is 2.12. The standard InChI is InChI=1S/C15H22BrNO3/c1-12-4-3-5-14(10-12)20-9-7-15(18)17-8-6-13(16)11-19-2/h3-5,10,13H,6-9,11H2,1-2H3,(H,17,18). The van der Waals surface area contributed by atoms with Gasteiger partial charge in [-0.05, 0) is 31.0 Å². The summed E-state index contributed by atoms with van der Waals surface area (Å²) in [6.45, 7) is 3.69. The first-order chi connectivity index (χ1) is 9.61. The molecule has 0 radical (unpaired) electrons. The molecule has 0 spiro atoms. The minimum absolute atomic E-state index is 0.00905. The van der Waals surface area contributed by atoms with E-state index >= 15 is 0 Å². The minimum atomic E-state index is 0.00905. The summed E-state index contributed by atoms with van der Waals surface area (Å²) < 4.78 is 10.5. The van der Waals surface area contributed by atoms with E-state index in [1.54, 1.807) is 7.11 Å². The molecule has 0 saturated heterocycles. The Morgan fingerprint density at radius 3 is 2.95 bits per heavy atom. The van der Waals surface area contributed by atoms with E-state index in [1.807, 2.05) is 31.2 Å². The fourth-order valence-electron chi connectivity index (χ4n) is 1.69. The lowest BCUT2D eigenvalue weighted by Gasteiger charge is -2.10. The highest BCUT2D eigenvalue weighted by atomic mass is 79.9. The van der Waals surface area contributed by atoms with E-state index in [0.717, 1.165) is 17.7 Å². The number of rotatable bonds is 9. The van der Waals surface area contributed by atoms with Crippen LogP contribution in [0.25, 0.3) is 0 Å². The van der Waals surface area contributed by atoms with Crippen molar-refractivity contribution >= 4 is 21.8 Å². The number of ether oxygens (including phenoxy) is 2. The number of aryl methyl sites for hydroxylation is 1. The van der Waals surface area contributed by atoms with Crippen LogP contribution in [0.4, 0.5) is 0 Å². The Kier molecular flexibility index (Phi) is 8.30. The van der Waals surface area contributed by atoms with Gasteiger partial charge in [0.2, 0.25) is 5.91 Å². The Bertz CT molecular complexity index is 412. The molecule has 0 saturated carbocycles. The van der Waals surface area contributed by atoms with Crippen LogP contribution >= 0.6 is 15.9 Å². The first-order valence-corrected chi connectivity index (χ1v) is 7.62. The van der Waals surface area contributed by atoms with Gasteiger partial charge in [-0.2, -0.15) is 0 Å². The van der Waals surface area contributed by atoms with Gasteiger partial charge in [-0.15, -0.1) is 0 Å². The molecule has 1 N–H and O–H groups in total. The van der Waals surface area contributed by atoms with Crippen molar-refractivity contribution < 1.29 is 14.3 Å². The number of methoxy groups -OCH3 is 1. The van der Waals surface area contributed by atoms with Gasteiger partial charge >= 0.3 is 0 Å². The second kappa shape index (κ2) is 9.77. The zero-order chi connectivity index (χ0) is 14.8. The van der Waals surface area contributed by atoms with Crippen molar-refractivity contribution in [2.24, 2.45) is 0 Å². The van der Waals surface area contributed by atoms with Gasteiger partial charge < -0.3 is 14.8 Å². The molecule has 1 aromatic carbocycles. The number of nitrogens with one attached hydrogen (secondary N) is 1. The van der Waals surface area contributed by atoms with Crippen molar-refractivity contribution in [3.8, 4) is 5.75 Å². The number of carbonyl (C=O) groups excluding carboxylic acids is 1. The Hall–Kier alpha value is -1.07. The summed E-state index contributed by atoms with van der Waals surface area (Å²) in [5.41, 5.74) is 1.15. The molecule has 0 aliphatic rings. The van der Waals surface area contributed by atoms with Crippen molar-refractivity contribution in [2.45, 2.75) is 24.6 Å². The fourth-order valence-corrected chi connectivity index (χ4v) is 2.18. The van der Waals surface area contributed by atoms with E-state index in [4.69, 9.17) is 9.47 Å². The lowest BCUT2D eigenvalue weighted by Crippen LogP contribution is -2.28. The molecule has 0 heterocycles. The maximum absolute atomic E-state index is 11.6. The van der Waals surface area contributed by atoms with Crippen LogP contribution in [0.2, 0.25) is 0 Å². The summed E-state index contributed by atoms with van der Waals surface area (Å²) in [5, 5.41) is 2.87. The van der Waals surface area contributed by atoms with Crippen molar-refractivity contribution in [2.75, 3.05) is 26.9 Å². The van der Waals surface area contributed by atoms with Crippen molar-refractivity contribution in [1.82, 2.24) is 5.32 Å². The molecule has 1 rings (SSSR count). The molecule has 1 atom stereocenters. The zero-order valence-corrected chi connectivity index (χ0v) is 13.6. The van der Waals surface area contributed by atoms with E-state index in [0.29, 0.717) is 26.2 Å². The van der Waals surface area contributed by atoms with Gasteiger partial charge in [-0.1, -0.05) is 28.1 Å². The molecular weight excluding hydrogens is 322 g/mol. The number of hydrogen-bond donors (Lipinski definition) is 1. The molecule has 0 aliphatic carbocycles. The second-order valence-corrected chi connectivity index (χ2v) is 5.90. The van der Waals surface area contributed by atoms with Gasteiger partial charge in [-0.25, -0.2) is 0 Å². The highest BCUT2D eigenvalue weighted by molar-refractivity contribution is 9.09. The van der Waals surface area contributed by atoms with Gasteiger partial charge in [0.05, 0.1) is 19.6 Å². The molecular formula is C15H22BrNO3. The molecule has 0 aliphatic heterocycles. The summed E-state index contributed by atoms with van der Waals surface area (Å²) in [5.74, 6) is 0.813. The van der Waals surface area contributed by atoms with Gasteiger partial charge in [0.1, 0.15) is 5.75 Å². The van der Waals surface area contributed by atoms with Gasteiger partial charge in [0.15, 0.2) is 0 Å². The monoisotopic (exact) mass is 343 g/mol. The lowest BCUT2D eigenvalue weighted by atomic mass is 10.2. The summed E-state index contributed by atoms with van der Waals surface area (Å²) in [4.78, 5) is 11.9. The molecule has 1 unspecified atom stereocenters. The van der Waals surface area contributed by atoms with Crippen molar-refractivity contribution in [3.63, 3.8) is 0 Å². The molecule has 112 valence electrons.